The van der Waals surface area contributed by atoms with Crippen LogP contribution in [0.5, 0.6) is 0 Å². The Morgan fingerprint density at radius 2 is 2.29 bits per heavy atom. The third kappa shape index (κ3) is 4.09. The molecule has 1 aromatic heterocycles. The summed E-state index contributed by atoms with van der Waals surface area (Å²) in [5, 5.41) is 9.84. The summed E-state index contributed by atoms with van der Waals surface area (Å²) in [7, 11) is 3.65. The smallest absolute Gasteiger partial charge is 0.253 e. The SMILES string of the molecule is CN(CCO)C(=O)c1cccc(CSc2nccn2C)c1. The van der Waals surface area contributed by atoms with Crippen LogP contribution in [0.4, 0.5) is 0 Å². The Hall–Kier alpha value is -1.79. The van der Waals surface area contributed by atoms with E-state index in [4.69, 9.17) is 5.11 Å². The third-order valence-corrected chi connectivity index (χ3v) is 4.23. The summed E-state index contributed by atoms with van der Waals surface area (Å²) in [5.74, 6) is 0.684. The quantitative estimate of drug-likeness (QED) is 0.827. The van der Waals surface area contributed by atoms with E-state index in [1.54, 1.807) is 31.1 Å². The lowest BCUT2D eigenvalue weighted by molar-refractivity contribution is 0.0767. The number of aliphatic hydroxyl groups is 1. The van der Waals surface area contributed by atoms with Crippen LogP contribution < -0.4 is 0 Å². The molecule has 0 unspecified atom stereocenters. The van der Waals surface area contributed by atoms with Crippen molar-refractivity contribution in [1.29, 1.82) is 0 Å². The Labute approximate surface area is 128 Å². The zero-order valence-electron chi connectivity index (χ0n) is 12.2. The number of thioether (sulfide) groups is 1. The van der Waals surface area contributed by atoms with Gasteiger partial charge in [-0.25, -0.2) is 4.98 Å². The average molecular weight is 305 g/mol. The topological polar surface area (TPSA) is 58.4 Å². The van der Waals surface area contributed by atoms with Crippen LogP contribution in [0.1, 0.15) is 15.9 Å². The molecule has 0 atom stereocenters. The van der Waals surface area contributed by atoms with Crippen LogP contribution >= 0.6 is 11.8 Å². The van der Waals surface area contributed by atoms with Gasteiger partial charge in [-0.3, -0.25) is 4.79 Å². The van der Waals surface area contributed by atoms with E-state index >= 15 is 0 Å². The van der Waals surface area contributed by atoms with Gasteiger partial charge in [-0.2, -0.15) is 0 Å². The number of amides is 1. The molecule has 0 spiro atoms. The van der Waals surface area contributed by atoms with Crippen molar-refractivity contribution in [2.45, 2.75) is 10.9 Å². The number of imidazole rings is 1. The number of carbonyl (C=O) groups excluding carboxylic acids is 1. The Kier molecular flexibility index (Phi) is 5.41. The normalized spacial score (nSPS) is 10.6. The van der Waals surface area contributed by atoms with Crippen LogP contribution in [0.2, 0.25) is 0 Å². The van der Waals surface area contributed by atoms with E-state index in [0.717, 1.165) is 16.5 Å². The highest BCUT2D eigenvalue weighted by molar-refractivity contribution is 7.98. The van der Waals surface area contributed by atoms with Gasteiger partial charge in [-0.1, -0.05) is 23.9 Å². The lowest BCUT2D eigenvalue weighted by atomic mass is 10.1. The molecule has 6 heteroatoms. The van der Waals surface area contributed by atoms with Gasteiger partial charge in [0, 0.05) is 44.4 Å². The standard InChI is InChI=1S/C15H19N3O2S/c1-17(8-9-19)14(20)13-5-3-4-12(10-13)11-21-15-16-6-7-18(15)2/h3-7,10,19H,8-9,11H2,1-2H3. The molecule has 2 rings (SSSR count). The number of likely N-dealkylation sites (N-methyl/N-ethyl adjacent to an activating group) is 1. The molecule has 0 saturated carbocycles. The van der Waals surface area contributed by atoms with Crippen molar-refractivity contribution in [3.05, 3.63) is 47.8 Å². The maximum absolute atomic E-state index is 12.2. The Morgan fingerprint density at radius 1 is 1.48 bits per heavy atom. The molecule has 21 heavy (non-hydrogen) atoms. The number of aliphatic hydroxyl groups excluding tert-OH is 1. The molecule has 5 nitrogen and oxygen atoms in total. The van der Waals surface area contributed by atoms with Crippen LogP contribution in [0, 0.1) is 0 Å². The highest BCUT2D eigenvalue weighted by Crippen LogP contribution is 2.21. The van der Waals surface area contributed by atoms with Crippen LogP contribution in [0.25, 0.3) is 0 Å². The summed E-state index contributed by atoms with van der Waals surface area (Å²) in [4.78, 5) is 17.9. The minimum absolute atomic E-state index is 0.0308. The number of aromatic nitrogens is 2. The van der Waals surface area contributed by atoms with E-state index in [1.165, 1.54) is 4.90 Å². The minimum Gasteiger partial charge on any atom is -0.395 e. The van der Waals surface area contributed by atoms with Gasteiger partial charge in [-0.15, -0.1) is 0 Å². The van der Waals surface area contributed by atoms with E-state index in [0.29, 0.717) is 12.1 Å². The first kappa shape index (κ1) is 15.6. The first-order valence-corrected chi connectivity index (χ1v) is 7.65. The van der Waals surface area contributed by atoms with Crippen LogP contribution in [-0.4, -0.2) is 45.7 Å². The highest BCUT2D eigenvalue weighted by Gasteiger charge is 2.11. The van der Waals surface area contributed by atoms with E-state index in [9.17, 15) is 4.79 Å². The number of aryl methyl sites for hydroxylation is 1. The molecule has 0 aliphatic heterocycles. The molecule has 112 valence electrons. The Balaban J connectivity index is 2.04. The van der Waals surface area contributed by atoms with Gasteiger partial charge in [0.05, 0.1) is 6.61 Å². The minimum atomic E-state index is -0.0760. The molecule has 0 radical (unpaired) electrons. The van der Waals surface area contributed by atoms with Crippen molar-refractivity contribution in [2.75, 3.05) is 20.2 Å². The second kappa shape index (κ2) is 7.28. The van der Waals surface area contributed by atoms with Gasteiger partial charge >= 0.3 is 0 Å². The van der Waals surface area contributed by atoms with Crippen LogP contribution in [-0.2, 0) is 12.8 Å². The molecule has 1 heterocycles. The summed E-state index contributed by atoms with van der Waals surface area (Å²) < 4.78 is 1.97. The number of hydrogen-bond acceptors (Lipinski definition) is 4. The molecule has 0 aliphatic carbocycles. The van der Waals surface area contributed by atoms with Gasteiger partial charge in [0.2, 0.25) is 0 Å². The first-order chi connectivity index (χ1) is 10.1. The largest absolute Gasteiger partial charge is 0.395 e. The molecular formula is C15H19N3O2S. The molecular weight excluding hydrogens is 286 g/mol. The monoisotopic (exact) mass is 305 g/mol. The van der Waals surface area contributed by atoms with Gasteiger partial charge in [0.25, 0.3) is 5.91 Å². The summed E-state index contributed by atoms with van der Waals surface area (Å²) >= 11 is 1.63. The second-order valence-electron chi connectivity index (χ2n) is 4.76. The van der Waals surface area contributed by atoms with Crippen molar-refractivity contribution >= 4 is 17.7 Å². The van der Waals surface area contributed by atoms with E-state index in [1.807, 2.05) is 36.0 Å². The second-order valence-corrected chi connectivity index (χ2v) is 5.70. The molecule has 0 bridgehead atoms. The van der Waals surface area contributed by atoms with Crippen molar-refractivity contribution in [1.82, 2.24) is 14.5 Å². The zero-order valence-corrected chi connectivity index (χ0v) is 13.0. The fourth-order valence-corrected chi connectivity index (χ4v) is 2.78. The van der Waals surface area contributed by atoms with Crippen molar-refractivity contribution < 1.29 is 9.90 Å². The van der Waals surface area contributed by atoms with Gasteiger partial charge in [0.15, 0.2) is 5.16 Å². The summed E-state index contributed by atoms with van der Waals surface area (Å²) in [6.07, 6.45) is 3.68. The number of hydrogen-bond donors (Lipinski definition) is 1. The summed E-state index contributed by atoms with van der Waals surface area (Å²) in [5.41, 5.74) is 1.72. The zero-order chi connectivity index (χ0) is 15.2. The van der Waals surface area contributed by atoms with Gasteiger partial charge in [-0.05, 0) is 17.7 Å². The molecule has 0 aliphatic rings. The third-order valence-electron chi connectivity index (χ3n) is 3.10. The van der Waals surface area contributed by atoms with Crippen LogP contribution in [0.3, 0.4) is 0 Å². The van der Waals surface area contributed by atoms with Crippen LogP contribution in [0.15, 0.2) is 41.8 Å². The Morgan fingerprint density at radius 3 is 2.95 bits per heavy atom. The lowest BCUT2D eigenvalue weighted by Gasteiger charge is -2.16. The van der Waals surface area contributed by atoms with Crippen molar-refractivity contribution in [2.24, 2.45) is 7.05 Å². The lowest BCUT2D eigenvalue weighted by Crippen LogP contribution is -2.29. The van der Waals surface area contributed by atoms with Gasteiger partial charge in [0.1, 0.15) is 0 Å². The number of carbonyl (C=O) groups is 1. The summed E-state index contributed by atoms with van der Waals surface area (Å²) in [6, 6.07) is 7.57. The molecule has 0 fully saturated rings. The average Bonchev–Trinajstić information content (AvgIpc) is 2.90. The molecule has 1 aromatic carbocycles. The molecule has 1 N–H and O–H groups in total. The number of rotatable bonds is 6. The Bertz CT molecular complexity index is 612. The van der Waals surface area contributed by atoms with E-state index in [-0.39, 0.29) is 12.5 Å². The summed E-state index contributed by atoms with van der Waals surface area (Å²) in [6.45, 7) is 0.308. The maximum Gasteiger partial charge on any atom is 0.253 e. The van der Waals surface area contributed by atoms with E-state index in [2.05, 4.69) is 4.98 Å². The molecule has 1 amide bonds. The fraction of sp³-hybridized carbons (Fsp3) is 0.333. The molecule has 0 saturated heterocycles. The van der Waals surface area contributed by atoms with Crippen molar-refractivity contribution in [3.63, 3.8) is 0 Å². The highest BCUT2D eigenvalue weighted by atomic mass is 32.2. The van der Waals surface area contributed by atoms with Crippen molar-refractivity contribution in [3.8, 4) is 0 Å². The predicted octanol–water partition coefficient (Wildman–Crippen LogP) is 1.78. The predicted molar refractivity (Wildman–Crippen MR) is 83.3 cm³/mol. The fourth-order valence-electron chi connectivity index (χ4n) is 1.90. The first-order valence-electron chi connectivity index (χ1n) is 6.67. The molecule has 2 aromatic rings. The number of nitrogens with zero attached hydrogens (tertiary/aromatic N) is 3. The maximum atomic E-state index is 12.2. The van der Waals surface area contributed by atoms with Gasteiger partial charge < -0.3 is 14.6 Å². The van der Waals surface area contributed by atoms with E-state index < -0.39 is 0 Å². The number of benzene rings is 1.